The summed E-state index contributed by atoms with van der Waals surface area (Å²) in [5.41, 5.74) is 1.92. The molecule has 0 fully saturated rings. The molecule has 0 amide bonds. The van der Waals surface area contributed by atoms with E-state index in [1.165, 1.54) is 0 Å². The van der Waals surface area contributed by atoms with Gasteiger partial charge in [0.05, 0.1) is 11.8 Å². The van der Waals surface area contributed by atoms with Gasteiger partial charge in [-0.3, -0.25) is 0 Å². The molecule has 3 heteroatoms. The largest absolute Gasteiger partial charge is 0.515 e. The first-order valence-corrected chi connectivity index (χ1v) is 4.58. The fraction of sp³-hybridized carbons (Fsp3) is 0.0833. The molecule has 76 valence electrons. The second kappa shape index (κ2) is 3.61. The molecule has 1 aliphatic carbocycles. The molecule has 2 N–H and O–H groups in total. The molecule has 0 aromatic heterocycles. The lowest BCUT2D eigenvalue weighted by molar-refractivity contribution is -0.133. The van der Waals surface area contributed by atoms with Crippen molar-refractivity contribution in [1.29, 1.82) is 0 Å². The van der Waals surface area contributed by atoms with E-state index < -0.39 is 5.97 Å². The summed E-state index contributed by atoms with van der Waals surface area (Å²) in [6, 6.07) is 7.54. The Bertz CT molecular complexity index is 458. The first kappa shape index (κ1) is 9.52. The number of hydrogen-bond acceptors (Lipinski definition) is 2. The van der Waals surface area contributed by atoms with Crippen LogP contribution >= 0.6 is 0 Å². The summed E-state index contributed by atoms with van der Waals surface area (Å²) in [6.45, 7) is 0. The van der Waals surface area contributed by atoms with Crippen molar-refractivity contribution in [2.75, 3.05) is 0 Å². The number of carboxylic acids is 1. The maximum Gasteiger partial charge on any atom is 0.335 e. The highest BCUT2D eigenvalue weighted by atomic mass is 16.4. The topological polar surface area (TPSA) is 57.5 Å². The zero-order valence-corrected chi connectivity index (χ0v) is 7.92. The minimum Gasteiger partial charge on any atom is -0.515 e. The van der Waals surface area contributed by atoms with Gasteiger partial charge < -0.3 is 10.2 Å². The molecular formula is C12H10O3. The van der Waals surface area contributed by atoms with Gasteiger partial charge in [0, 0.05) is 5.92 Å². The lowest BCUT2D eigenvalue weighted by Gasteiger charge is -2.10. The second-order valence-electron chi connectivity index (χ2n) is 3.36. The van der Waals surface area contributed by atoms with Crippen molar-refractivity contribution in [3.05, 3.63) is 53.3 Å². The Morgan fingerprint density at radius 3 is 2.73 bits per heavy atom. The summed E-state index contributed by atoms with van der Waals surface area (Å²) in [4.78, 5) is 10.9. The van der Waals surface area contributed by atoms with E-state index in [0.717, 1.165) is 11.1 Å². The summed E-state index contributed by atoms with van der Waals surface area (Å²) in [6.07, 6.45) is 4.31. The molecule has 1 aromatic rings. The van der Waals surface area contributed by atoms with Crippen LogP contribution in [0.25, 0.3) is 6.08 Å². The Labute approximate surface area is 87.0 Å². The van der Waals surface area contributed by atoms with Gasteiger partial charge in [-0.05, 0) is 11.1 Å². The minimum absolute atomic E-state index is 0.00352. The van der Waals surface area contributed by atoms with Crippen molar-refractivity contribution < 1.29 is 15.0 Å². The van der Waals surface area contributed by atoms with E-state index in [1.807, 2.05) is 30.3 Å². The van der Waals surface area contributed by atoms with Crippen molar-refractivity contribution in [3.63, 3.8) is 0 Å². The molecule has 15 heavy (non-hydrogen) atoms. The van der Waals surface area contributed by atoms with Gasteiger partial charge in [-0.2, -0.15) is 0 Å². The van der Waals surface area contributed by atoms with Crippen molar-refractivity contribution in [3.8, 4) is 0 Å². The standard InChI is InChI=1S/C12H10O3/c13-7-11(12(14)15)10-6-5-8-3-1-2-4-9(8)10/h1-7,10,13H,(H,14,15). The molecule has 0 radical (unpaired) electrons. The Balaban J connectivity index is 2.44. The molecule has 0 bridgehead atoms. The Morgan fingerprint density at radius 2 is 2.07 bits per heavy atom. The summed E-state index contributed by atoms with van der Waals surface area (Å²) in [5.74, 6) is -1.44. The molecule has 2 rings (SSSR count). The average Bonchev–Trinajstić information content (AvgIpc) is 2.63. The predicted molar refractivity (Wildman–Crippen MR) is 56.6 cm³/mol. The van der Waals surface area contributed by atoms with Crippen molar-refractivity contribution in [2.45, 2.75) is 5.92 Å². The SMILES string of the molecule is O=C(O)C(=CO)C1C=Cc2ccccc21. The molecule has 1 aromatic carbocycles. The van der Waals surface area contributed by atoms with E-state index in [2.05, 4.69) is 0 Å². The zero-order valence-electron chi connectivity index (χ0n) is 7.92. The van der Waals surface area contributed by atoms with E-state index in [4.69, 9.17) is 10.2 Å². The van der Waals surface area contributed by atoms with Gasteiger partial charge in [-0.15, -0.1) is 0 Å². The van der Waals surface area contributed by atoms with Crippen LogP contribution in [0.4, 0.5) is 0 Å². The van der Waals surface area contributed by atoms with Gasteiger partial charge >= 0.3 is 5.97 Å². The lowest BCUT2D eigenvalue weighted by Crippen LogP contribution is -2.08. The maximum absolute atomic E-state index is 10.9. The number of carboxylic acid groups (broad SMARTS) is 1. The van der Waals surface area contributed by atoms with E-state index >= 15 is 0 Å². The number of carbonyl (C=O) groups is 1. The number of aliphatic hydroxyl groups is 1. The monoisotopic (exact) mass is 202 g/mol. The Hall–Kier alpha value is -2.03. The minimum atomic E-state index is -1.09. The number of aliphatic hydroxyl groups excluding tert-OH is 1. The van der Waals surface area contributed by atoms with Gasteiger partial charge in [-0.25, -0.2) is 4.79 Å². The Morgan fingerprint density at radius 1 is 1.33 bits per heavy atom. The van der Waals surface area contributed by atoms with Crippen LogP contribution in [-0.4, -0.2) is 16.2 Å². The van der Waals surface area contributed by atoms with Crippen LogP contribution in [0.3, 0.4) is 0 Å². The van der Waals surface area contributed by atoms with Crippen LogP contribution in [0.15, 0.2) is 42.2 Å². The van der Waals surface area contributed by atoms with E-state index in [9.17, 15) is 4.79 Å². The summed E-state index contributed by atoms with van der Waals surface area (Å²) in [7, 11) is 0. The molecule has 0 saturated carbocycles. The zero-order chi connectivity index (χ0) is 10.8. The van der Waals surface area contributed by atoms with Crippen LogP contribution < -0.4 is 0 Å². The second-order valence-corrected chi connectivity index (χ2v) is 3.36. The van der Waals surface area contributed by atoms with E-state index in [0.29, 0.717) is 6.26 Å². The highest BCUT2D eigenvalue weighted by molar-refractivity contribution is 5.90. The number of allylic oxidation sites excluding steroid dienone is 1. The average molecular weight is 202 g/mol. The van der Waals surface area contributed by atoms with Gasteiger partial charge in [0.25, 0.3) is 0 Å². The van der Waals surface area contributed by atoms with Gasteiger partial charge in [-0.1, -0.05) is 36.4 Å². The molecule has 3 nitrogen and oxygen atoms in total. The number of aliphatic carboxylic acids is 1. The van der Waals surface area contributed by atoms with Crippen LogP contribution in [0, 0.1) is 0 Å². The van der Waals surface area contributed by atoms with Crippen molar-refractivity contribution in [1.82, 2.24) is 0 Å². The molecule has 1 atom stereocenters. The van der Waals surface area contributed by atoms with Crippen LogP contribution in [0.5, 0.6) is 0 Å². The summed E-state index contributed by atoms with van der Waals surface area (Å²) < 4.78 is 0. The first-order chi connectivity index (χ1) is 7.24. The number of hydrogen-bond donors (Lipinski definition) is 2. The quantitative estimate of drug-likeness (QED) is 0.571. The highest BCUT2D eigenvalue weighted by Crippen LogP contribution is 2.34. The van der Waals surface area contributed by atoms with Gasteiger partial charge in [0.15, 0.2) is 0 Å². The summed E-state index contributed by atoms with van der Waals surface area (Å²) in [5, 5.41) is 17.8. The molecule has 1 unspecified atom stereocenters. The van der Waals surface area contributed by atoms with Crippen LogP contribution in [-0.2, 0) is 4.79 Å². The number of rotatable bonds is 2. The summed E-state index contributed by atoms with van der Waals surface area (Å²) >= 11 is 0. The molecule has 0 aliphatic heterocycles. The maximum atomic E-state index is 10.9. The molecule has 0 heterocycles. The van der Waals surface area contributed by atoms with Gasteiger partial charge in [0.1, 0.15) is 0 Å². The van der Waals surface area contributed by atoms with Crippen LogP contribution in [0.1, 0.15) is 17.0 Å². The number of fused-ring (bicyclic) bond motifs is 1. The molecule has 0 spiro atoms. The third kappa shape index (κ3) is 1.52. The fourth-order valence-corrected chi connectivity index (χ4v) is 1.79. The fourth-order valence-electron chi connectivity index (χ4n) is 1.79. The lowest BCUT2D eigenvalue weighted by atomic mass is 9.94. The third-order valence-electron chi connectivity index (χ3n) is 2.52. The molecule has 0 saturated heterocycles. The van der Waals surface area contributed by atoms with Gasteiger partial charge in [0.2, 0.25) is 0 Å². The van der Waals surface area contributed by atoms with Crippen molar-refractivity contribution >= 4 is 12.0 Å². The highest BCUT2D eigenvalue weighted by Gasteiger charge is 2.25. The van der Waals surface area contributed by atoms with Crippen molar-refractivity contribution in [2.24, 2.45) is 0 Å². The number of benzene rings is 1. The van der Waals surface area contributed by atoms with Crippen LogP contribution in [0.2, 0.25) is 0 Å². The predicted octanol–water partition coefficient (Wildman–Crippen LogP) is 2.32. The third-order valence-corrected chi connectivity index (χ3v) is 2.52. The molecule has 1 aliphatic rings. The van der Waals surface area contributed by atoms with E-state index in [1.54, 1.807) is 6.08 Å². The Kier molecular flexibility index (Phi) is 2.29. The molecular weight excluding hydrogens is 192 g/mol. The normalized spacial score (nSPS) is 18.9. The smallest absolute Gasteiger partial charge is 0.335 e. The van der Waals surface area contributed by atoms with E-state index in [-0.39, 0.29) is 11.5 Å². The first-order valence-electron chi connectivity index (χ1n) is 4.58.